The maximum atomic E-state index is 12.6. The highest BCUT2D eigenvalue weighted by atomic mass is 16.1. The average molecular weight is 337 g/mol. The van der Waals surface area contributed by atoms with Gasteiger partial charge in [0.2, 0.25) is 0 Å². The molecule has 3 aromatic heterocycles. The Hall–Kier alpha value is -2.47. The quantitative estimate of drug-likeness (QED) is 0.793. The number of fused-ring (bicyclic) bond motifs is 1. The van der Waals surface area contributed by atoms with Crippen LogP contribution in [-0.4, -0.2) is 37.6 Å². The summed E-state index contributed by atoms with van der Waals surface area (Å²) in [6, 6.07) is 6.13. The van der Waals surface area contributed by atoms with Gasteiger partial charge in [0.05, 0.1) is 0 Å². The highest BCUT2D eigenvalue weighted by Crippen LogP contribution is 2.27. The summed E-state index contributed by atoms with van der Waals surface area (Å²) >= 11 is 0. The van der Waals surface area contributed by atoms with E-state index in [1.165, 1.54) is 5.56 Å². The maximum Gasteiger partial charge on any atom is 0.276 e. The van der Waals surface area contributed by atoms with Crippen molar-refractivity contribution < 1.29 is 0 Å². The fourth-order valence-electron chi connectivity index (χ4n) is 3.78. The summed E-state index contributed by atoms with van der Waals surface area (Å²) in [6.07, 6.45) is 5.52. The Kier molecular flexibility index (Phi) is 4.13. The van der Waals surface area contributed by atoms with Gasteiger partial charge in [0.15, 0.2) is 5.65 Å². The highest BCUT2D eigenvalue weighted by Gasteiger charge is 2.26. The molecular weight excluding hydrogens is 314 g/mol. The number of rotatable bonds is 4. The van der Waals surface area contributed by atoms with Crippen LogP contribution in [0.5, 0.6) is 0 Å². The Bertz CT molecular complexity index is 944. The molecule has 1 atom stereocenters. The summed E-state index contributed by atoms with van der Waals surface area (Å²) in [6.45, 7) is 6.86. The van der Waals surface area contributed by atoms with Crippen molar-refractivity contribution in [3.05, 3.63) is 63.5 Å². The van der Waals surface area contributed by atoms with E-state index in [-0.39, 0.29) is 5.56 Å². The molecule has 25 heavy (non-hydrogen) atoms. The number of nitrogens with zero attached hydrogens (tertiary/aromatic N) is 4. The van der Waals surface area contributed by atoms with E-state index in [1.807, 2.05) is 32.2 Å². The van der Waals surface area contributed by atoms with Crippen LogP contribution in [-0.2, 0) is 13.0 Å². The number of aryl methyl sites for hydroxylation is 1. The van der Waals surface area contributed by atoms with Gasteiger partial charge in [-0.05, 0) is 37.9 Å². The molecule has 0 spiro atoms. The van der Waals surface area contributed by atoms with Crippen LogP contribution in [0.1, 0.15) is 41.8 Å². The fourth-order valence-corrected chi connectivity index (χ4v) is 3.78. The number of nitrogens with one attached hydrogen (secondary N) is 1. The molecule has 4 rings (SSSR count). The number of H-pyrrole nitrogens is 1. The number of likely N-dealkylation sites (tertiary alicyclic amines) is 1. The molecule has 0 bridgehead atoms. The van der Waals surface area contributed by atoms with E-state index in [0.29, 0.717) is 12.3 Å². The summed E-state index contributed by atoms with van der Waals surface area (Å²) in [7, 11) is 0. The Morgan fingerprint density at radius 2 is 2.28 bits per heavy atom. The Balaban J connectivity index is 1.56. The van der Waals surface area contributed by atoms with E-state index in [9.17, 15) is 4.79 Å². The lowest BCUT2D eigenvalue weighted by Gasteiger charge is -2.15. The lowest BCUT2D eigenvalue weighted by molar-refractivity contribution is 0.326. The van der Waals surface area contributed by atoms with Gasteiger partial charge in [0.25, 0.3) is 5.56 Å². The first kappa shape index (κ1) is 16.0. The Labute approximate surface area is 146 Å². The SMILES string of the molecule is CCc1c(C)nc2cc(C3CCN(Cc4cccnc4)C3)[nH]n2c1=O. The van der Waals surface area contributed by atoms with Crippen molar-refractivity contribution in [3.63, 3.8) is 0 Å². The van der Waals surface area contributed by atoms with Crippen LogP contribution in [0, 0.1) is 6.92 Å². The minimum Gasteiger partial charge on any atom is -0.298 e. The van der Waals surface area contributed by atoms with Crippen LogP contribution in [0.3, 0.4) is 0 Å². The number of pyridine rings is 1. The van der Waals surface area contributed by atoms with Crippen molar-refractivity contribution in [1.29, 1.82) is 0 Å². The smallest absolute Gasteiger partial charge is 0.276 e. The second-order valence-corrected chi connectivity index (χ2v) is 6.82. The first-order chi connectivity index (χ1) is 12.2. The standard InChI is InChI=1S/C19H23N5O/c1-3-16-13(2)21-18-9-17(22-24(18)19(16)25)15-6-8-23(12-15)11-14-5-4-7-20-10-14/h4-5,7,9-10,15,22H,3,6,8,11-12H2,1-2H3. The number of hydrogen-bond acceptors (Lipinski definition) is 4. The largest absolute Gasteiger partial charge is 0.298 e. The average Bonchev–Trinajstić information content (AvgIpc) is 3.23. The molecule has 1 N–H and O–H groups in total. The van der Waals surface area contributed by atoms with Crippen LogP contribution >= 0.6 is 0 Å². The van der Waals surface area contributed by atoms with Gasteiger partial charge in [-0.3, -0.25) is 19.8 Å². The molecule has 4 heterocycles. The molecule has 0 aliphatic carbocycles. The van der Waals surface area contributed by atoms with Crippen LogP contribution in [0.2, 0.25) is 0 Å². The molecule has 0 saturated carbocycles. The summed E-state index contributed by atoms with van der Waals surface area (Å²) in [5.74, 6) is 0.406. The van der Waals surface area contributed by atoms with Crippen molar-refractivity contribution in [2.75, 3.05) is 13.1 Å². The minimum atomic E-state index is 0.0291. The van der Waals surface area contributed by atoms with E-state index in [1.54, 1.807) is 10.7 Å². The molecule has 130 valence electrons. The first-order valence-corrected chi connectivity index (χ1v) is 8.88. The lowest BCUT2D eigenvalue weighted by Crippen LogP contribution is -2.21. The molecule has 1 aliphatic heterocycles. The molecule has 6 heteroatoms. The zero-order valence-corrected chi connectivity index (χ0v) is 14.7. The third-order valence-electron chi connectivity index (χ3n) is 5.13. The van der Waals surface area contributed by atoms with Gasteiger partial charge in [-0.1, -0.05) is 13.0 Å². The molecule has 1 aliphatic rings. The van der Waals surface area contributed by atoms with Crippen LogP contribution in [0.4, 0.5) is 0 Å². The number of hydrogen-bond donors (Lipinski definition) is 1. The molecule has 0 amide bonds. The number of aromatic amines is 1. The summed E-state index contributed by atoms with van der Waals surface area (Å²) in [5, 5.41) is 3.29. The summed E-state index contributed by atoms with van der Waals surface area (Å²) < 4.78 is 1.60. The molecule has 0 aromatic carbocycles. The van der Waals surface area contributed by atoms with Crippen LogP contribution in [0.25, 0.3) is 5.65 Å². The normalized spacial score (nSPS) is 18.2. The molecule has 6 nitrogen and oxygen atoms in total. The van der Waals surface area contributed by atoms with Crippen molar-refractivity contribution in [3.8, 4) is 0 Å². The minimum absolute atomic E-state index is 0.0291. The monoisotopic (exact) mass is 337 g/mol. The fraction of sp³-hybridized carbons (Fsp3) is 0.421. The van der Waals surface area contributed by atoms with Crippen molar-refractivity contribution in [2.24, 2.45) is 0 Å². The topological polar surface area (TPSA) is 66.3 Å². The lowest BCUT2D eigenvalue weighted by atomic mass is 10.1. The maximum absolute atomic E-state index is 12.6. The predicted octanol–water partition coefficient (Wildman–Crippen LogP) is 2.28. The highest BCUT2D eigenvalue weighted by molar-refractivity contribution is 5.42. The van der Waals surface area contributed by atoms with Gasteiger partial charge in [0.1, 0.15) is 0 Å². The van der Waals surface area contributed by atoms with Crippen LogP contribution in [0.15, 0.2) is 35.4 Å². The zero-order valence-electron chi connectivity index (χ0n) is 14.7. The van der Waals surface area contributed by atoms with Crippen molar-refractivity contribution >= 4 is 5.65 Å². The van der Waals surface area contributed by atoms with Gasteiger partial charge in [0, 0.05) is 54.4 Å². The van der Waals surface area contributed by atoms with Crippen molar-refractivity contribution in [2.45, 2.75) is 39.2 Å². The van der Waals surface area contributed by atoms with E-state index >= 15 is 0 Å². The van der Waals surface area contributed by atoms with Crippen LogP contribution < -0.4 is 5.56 Å². The molecule has 1 saturated heterocycles. The van der Waals surface area contributed by atoms with E-state index in [4.69, 9.17) is 0 Å². The Morgan fingerprint density at radius 1 is 1.40 bits per heavy atom. The summed E-state index contributed by atoms with van der Waals surface area (Å²) in [4.78, 5) is 23.8. The molecule has 0 radical (unpaired) electrons. The molecule has 1 unspecified atom stereocenters. The van der Waals surface area contributed by atoms with Gasteiger partial charge in [-0.2, -0.15) is 0 Å². The van der Waals surface area contributed by atoms with E-state index in [2.05, 4.69) is 26.0 Å². The number of aromatic nitrogens is 4. The molecular formula is C19H23N5O. The third-order valence-corrected chi connectivity index (χ3v) is 5.13. The van der Waals surface area contributed by atoms with Gasteiger partial charge >= 0.3 is 0 Å². The second kappa shape index (κ2) is 6.44. The predicted molar refractivity (Wildman–Crippen MR) is 96.8 cm³/mol. The van der Waals surface area contributed by atoms with Crippen molar-refractivity contribution in [1.82, 2.24) is 24.5 Å². The zero-order chi connectivity index (χ0) is 17.4. The van der Waals surface area contributed by atoms with Gasteiger partial charge in [-0.25, -0.2) is 9.50 Å². The van der Waals surface area contributed by atoms with E-state index < -0.39 is 0 Å². The summed E-state index contributed by atoms with van der Waals surface area (Å²) in [5.41, 5.74) is 4.71. The third kappa shape index (κ3) is 2.98. The second-order valence-electron chi connectivity index (χ2n) is 6.82. The van der Waals surface area contributed by atoms with Gasteiger partial charge in [-0.15, -0.1) is 0 Å². The first-order valence-electron chi connectivity index (χ1n) is 8.88. The molecule has 1 fully saturated rings. The Morgan fingerprint density at radius 3 is 3.04 bits per heavy atom. The van der Waals surface area contributed by atoms with E-state index in [0.717, 1.165) is 48.7 Å². The molecule has 3 aromatic rings. The van der Waals surface area contributed by atoms with Gasteiger partial charge < -0.3 is 0 Å².